The summed E-state index contributed by atoms with van der Waals surface area (Å²) in [4.78, 5) is 72.6. The van der Waals surface area contributed by atoms with Crippen molar-refractivity contribution in [1.29, 1.82) is 0 Å². The predicted octanol–water partition coefficient (Wildman–Crippen LogP) is 20.6. The zero-order valence-electron chi connectivity index (χ0n) is 59.5. The van der Waals surface area contributed by atoms with Crippen LogP contribution in [0.3, 0.4) is 0 Å². The summed E-state index contributed by atoms with van der Waals surface area (Å²) in [6, 6.07) is 0. The van der Waals surface area contributed by atoms with Gasteiger partial charge in [0.05, 0.1) is 26.4 Å². The molecule has 0 amide bonds. The van der Waals surface area contributed by atoms with Crippen LogP contribution in [0.1, 0.15) is 344 Å². The molecule has 0 aliphatic heterocycles. The lowest BCUT2D eigenvalue weighted by Crippen LogP contribution is -2.30. The van der Waals surface area contributed by atoms with Crippen LogP contribution in [0, 0.1) is 17.8 Å². The first kappa shape index (κ1) is 89.5. The van der Waals surface area contributed by atoms with Gasteiger partial charge in [0.15, 0.2) is 12.2 Å². The van der Waals surface area contributed by atoms with Crippen molar-refractivity contribution in [2.24, 2.45) is 17.8 Å². The summed E-state index contributed by atoms with van der Waals surface area (Å²) < 4.78 is 68.3. The van der Waals surface area contributed by atoms with Crippen LogP contribution in [0.2, 0.25) is 0 Å². The number of rotatable bonds is 69. The molecular weight excluding hydrogens is 1210 g/mol. The molecule has 17 nitrogen and oxygen atoms in total. The van der Waals surface area contributed by atoms with E-state index in [1.165, 1.54) is 135 Å². The lowest BCUT2D eigenvalue weighted by atomic mass is 10.0. The second-order valence-corrected chi connectivity index (χ2v) is 30.0. The van der Waals surface area contributed by atoms with Crippen molar-refractivity contribution in [3.63, 3.8) is 0 Å². The van der Waals surface area contributed by atoms with Gasteiger partial charge in [-0.2, -0.15) is 0 Å². The van der Waals surface area contributed by atoms with E-state index in [-0.39, 0.29) is 25.7 Å². The van der Waals surface area contributed by atoms with Crippen molar-refractivity contribution in [1.82, 2.24) is 0 Å². The Morgan fingerprint density at radius 2 is 0.587 bits per heavy atom. The Morgan fingerprint density at radius 1 is 0.337 bits per heavy atom. The number of hydrogen-bond acceptors (Lipinski definition) is 15. The van der Waals surface area contributed by atoms with Crippen LogP contribution < -0.4 is 0 Å². The summed E-state index contributed by atoms with van der Waals surface area (Å²) >= 11 is 0. The maximum absolute atomic E-state index is 13.0. The van der Waals surface area contributed by atoms with E-state index < -0.39 is 97.5 Å². The van der Waals surface area contributed by atoms with Crippen LogP contribution in [0.15, 0.2) is 24.3 Å². The Kier molecular flexibility index (Phi) is 61.6. The Morgan fingerprint density at radius 3 is 0.880 bits per heavy atom. The third-order valence-electron chi connectivity index (χ3n) is 16.3. The van der Waals surface area contributed by atoms with E-state index in [9.17, 15) is 43.2 Å². The Bertz CT molecular complexity index is 1890. The van der Waals surface area contributed by atoms with E-state index in [4.69, 9.17) is 37.0 Å². The van der Waals surface area contributed by atoms with E-state index >= 15 is 0 Å². The molecule has 0 spiro atoms. The Hall–Kier alpha value is -2.46. The van der Waals surface area contributed by atoms with Crippen molar-refractivity contribution in [3.8, 4) is 0 Å². The van der Waals surface area contributed by atoms with E-state index in [2.05, 4.69) is 72.8 Å². The first-order chi connectivity index (χ1) is 44.2. The minimum Gasteiger partial charge on any atom is -0.462 e. The minimum atomic E-state index is -4.96. The van der Waals surface area contributed by atoms with Gasteiger partial charge in [-0.25, -0.2) is 9.13 Å². The summed E-state index contributed by atoms with van der Waals surface area (Å²) in [5.74, 6) is 0.0483. The molecule has 0 saturated heterocycles. The summed E-state index contributed by atoms with van der Waals surface area (Å²) in [7, 11) is -9.92. The molecule has 19 heteroatoms. The zero-order valence-corrected chi connectivity index (χ0v) is 61.3. The van der Waals surface area contributed by atoms with Crippen molar-refractivity contribution < 1.29 is 80.2 Å². The summed E-state index contributed by atoms with van der Waals surface area (Å²) in [5.41, 5.74) is 0. The molecule has 0 heterocycles. The van der Waals surface area contributed by atoms with Gasteiger partial charge in [-0.05, 0) is 69.1 Å². The second kappa shape index (κ2) is 63.3. The fourth-order valence-corrected chi connectivity index (χ4v) is 12.1. The fraction of sp³-hybridized carbons (Fsp3) is 0.890. The molecule has 0 saturated carbocycles. The molecule has 0 radical (unpaired) electrons. The number of allylic oxidation sites excluding steroid dienone is 4. The zero-order chi connectivity index (χ0) is 68.0. The molecule has 3 N–H and O–H groups in total. The van der Waals surface area contributed by atoms with Gasteiger partial charge in [0.25, 0.3) is 0 Å². The van der Waals surface area contributed by atoms with Crippen LogP contribution in [0.4, 0.5) is 0 Å². The third-order valence-corrected chi connectivity index (χ3v) is 18.2. The highest BCUT2D eigenvalue weighted by atomic mass is 31.2. The van der Waals surface area contributed by atoms with Crippen LogP contribution >= 0.6 is 15.6 Å². The quantitative estimate of drug-likeness (QED) is 0.0169. The molecule has 0 aliphatic rings. The number of phosphoric acid groups is 2. The molecule has 542 valence electrons. The lowest BCUT2D eigenvalue weighted by molar-refractivity contribution is -0.161. The molecular formula is C73H138O17P2. The van der Waals surface area contributed by atoms with Gasteiger partial charge in [-0.15, -0.1) is 0 Å². The number of ether oxygens (including phenoxy) is 4. The largest absolute Gasteiger partial charge is 0.472 e. The first-order valence-electron chi connectivity index (χ1n) is 37.2. The predicted molar refractivity (Wildman–Crippen MR) is 372 cm³/mol. The fourth-order valence-electron chi connectivity index (χ4n) is 10.5. The molecule has 0 bridgehead atoms. The normalized spacial score (nSPS) is 14.3. The Labute approximate surface area is 561 Å². The van der Waals surface area contributed by atoms with Gasteiger partial charge in [0.2, 0.25) is 0 Å². The third kappa shape index (κ3) is 66.2. The molecule has 5 atom stereocenters. The van der Waals surface area contributed by atoms with Gasteiger partial charge in [-0.3, -0.25) is 37.3 Å². The smallest absolute Gasteiger partial charge is 0.462 e. The van der Waals surface area contributed by atoms with Gasteiger partial charge >= 0.3 is 39.5 Å². The molecule has 0 aromatic rings. The number of phosphoric ester groups is 2. The van der Waals surface area contributed by atoms with Gasteiger partial charge in [0.1, 0.15) is 19.3 Å². The summed E-state index contributed by atoms with van der Waals surface area (Å²) in [6.45, 7) is 11.7. The lowest BCUT2D eigenvalue weighted by Gasteiger charge is -2.21. The molecule has 0 aromatic heterocycles. The van der Waals surface area contributed by atoms with Gasteiger partial charge < -0.3 is 33.8 Å². The number of aliphatic hydroxyl groups excluding tert-OH is 1. The second-order valence-electron chi connectivity index (χ2n) is 27.1. The van der Waals surface area contributed by atoms with Gasteiger partial charge in [0, 0.05) is 25.7 Å². The molecule has 92 heavy (non-hydrogen) atoms. The highest BCUT2D eigenvalue weighted by Gasteiger charge is 2.30. The van der Waals surface area contributed by atoms with E-state index in [1.54, 1.807) is 0 Å². The monoisotopic (exact) mass is 1350 g/mol. The number of aliphatic hydroxyl groups is 1. The average Bonchev–Trinajstić information content (AvgIpc) is 1.52. The molecule has 2 unspecified atom stereocenters. The average molecular weight is 1350 g/mol. The van der Waals surface area contributed by atoms with E-state index in [0.717, 1.165) is 121 Å². The van der Waals surface area contributed by atoms with E-state index in [0.29, 0.717) is 31.6 Å². The summed E-state index contributed by atoms with van der Waals surface area (Å²) in [5, 5.41) is 10.6. The first-order valence-corrected chi connectivity index (χ1v) is 40.2. The number of unbranched alkanes of at least 4 members (excludes halogenated alkanes) is 34. The molecule has 0 rings (SSSR count). The maximum atomic E-state index is 13.0. The van der Waals surface area contributed by atoms with Crippen LogP contribution in [0.25, 0.3) is 0 Å². The van der Waals surface area contributed by atoms with Crippen LogP contribution in [0.5, 0.6) is 0 Å². The SMILES string of the molecule is CCCCCC/C=C\C=C/CCCCCCCC(=O)O[C@H](COC(=O)CCCCCCCCC(C)C)COP(=O)(O)OC[C@H](O)COP(=O)(O)OC[C@@H](COC(=O)CCCCCCCCCCCC(C)C)OC(=O)CCCCCCCCCCCCCCCC(C)C. The van der Waals surface area contributed by atoms with Crippen molar-refractivity contribution in [2.75, 3.05) is 39.6 Å². The van der Waals surface area contributed by atoms with E-state index in [1.807, 2.05) is 0 Å². The highest BCUT2D eigenvalue weighted by molar-refractivity contribution is 7.47. The highest BCUT2D eigenvalue weighted by Crippen LogP contribution is 2.45. The van der Waals surface area contributed by atoms with Crippen LogP contribution in [-0.4, -0.2) is 96.7 Å². The van der Waals surface area contributed by atoms with Gasteiger partial charge in [-0.1, -0.05) is 291 Å². The van der Waals surface area contributed by atoms with Crippen molar-refractivity contribution in [3.05, 3.63) is 24.3 Å². The molecule has 0 fully saturated rings. The molecule has 0 aromatic carbocycles. The standard InChI is InChI=1S/C73H138O17P2/c1-8-9-10-11-12-13-14-15-16-19-22-27-33-42-49-56-73(78)90-69(61-84-71(76)55-48-41-36-35-39-46-53-66(6)7)63-88-92(81,82)86-59-67(74)58-85-91(79,80)87-62-68(60-83-70(75)54-47-40-32-29-24-26-31-38-45-52-65(4)5)89-72(77)57-50-43-34-28-23-20-17-18-21-25-30-37-44-51-64(2)3/h13-16,64-69,74H,8-12,17-63H2,1-7H3,(H,79,80)(H,81,82)/b14-13-,16-15-/t67-,68-,69-/m1/s1. The number of hydrogen-bond donors (Lipinski definition) is 3. The summed E-state index contributed by atoms with van der Waals surface area (Å²) in [6.07, 6.45) is 50.9. The number of carbonyl (C=O) groups is 4. The van der Waals surface area contributed by atoms with Crippen molar-refractivity contribution >= 4 is 39.5 Å². The number of carbonyl (C=O) groups excluding carboxylic acids is 4. The van der Waals surface area contributed by atoms with Crippen molar-refractivity contribution in [2.45, 2.75) is 362 Å². The Balaban J connectivity index is 5.27. The minimum absolute atomic E-state index is 0.0836. The van der Waals surface area contributed by atoms with Crippen LogP contribution in [-0.2, 0) is 65.4 Å². The topological polar surface area (TPSA) is 237 Å². The molecule has 0 aliphatic carbocycles. The number of esters is 4. The maximum Gasteiger partial charge on any atom is 0.472 e.